The number of nitrogens with two attached hydrogens (primary N) is 1. The molecule has 2 aliphatic heterocycles. The number of pyridine rings is 1. The van der Waals surface area contributed by atoms with Crippen molar-refractivity contribution in [3.05, 3.63) is 23.9 Å². The SMILES string of the molecule is Nc1ncccc1CN1CC[C@@](O)(CN2CCCCC2)C1. The molecule has 5 heteroatoms. The fourth-order valence-corrected chi connectivity index (χ4v) is 3.56. The predicted molar refractivity (Wildman–Crippen MR) is 83.8 cm³/mol. The summed E-state index contributed by atoms with van der Waals surface area (Å²) in [6, 6.07) is 3.94. The van der Waals surface area contributed by atoms with E-state index < -0.39 is 5.60 Å². The number of rotatable bonds is 4. The lowest BCUT2D eigenvalue weighted by Gasteiger charge is -2.33. The van der Waals surface area contributed by atoms with Gasteiger partial charge in [-0.05, 0) is 38.4 Å². The molecule has 21 heavy (non-hydrogen) atoms. The minimum Gasteiger partial charge on any atom is -0.387 e. The molecule has 3 N–H and O–H groups in total. The summed E-state index contributed by atoms with van der Waals surface area (Å²) in [6.45, 7) is 5.53. The van der Waals surface area contributed by atoms with Crippen LogP contribution >= 0.6 is 0 Å². The minimum atomic E-state index is -0.561. The molecule has 2 aliphatic rings. The first-order valence-electron chi connectivity index (χ1n) is 8.01. The summed E-state index contributed by atoms with van der Waals surface area (Å²) < 4.78 is 0. The maximum absolute atomic E-state index is 10.8. The van der Waals surface area contributed by atoms with Crippen molar-refractivity contribution in [2.24, 2.45) is 0 Å². The van der Waals surface area contributed by atoms with Gasteiger partial charge in [-0.25, -0.2) is 4.98 Å². The van der Waals surface area contributed by atoms with Crippen molar-refractivity contribution in [1.82, 2.24) is 14.8 Å². The summed E-state index contributed by atoms with van der Waals surface area (Å²) in [7, 11) is 0. The van der Waals surface area contributed by atoms with E-state index in [2.05, 4.69) is 14.8 Å². The summed E-state index contributed by atoms with van der Waals surface area (Å²) in [6.07, 6.45) is 6.44. The third-order valence-corrected chi connectivity index (χ3v) is 4.70. The lowest BCUT2D eigenvalue weighted by molar-refractivity contribution is 0.00635. The first-order valence-corrected chi connectivity index (χ1v) is 8.01. The maximum atomic E-state index is 10.8. The van der Waals surface area contributed by atoms with Crippen LogP contribution in [0.25, 0.3) is 0 Å². The van der Waals surface area contributed by atoms with Gasteiger partial charge in [0.1, 0.15) is 5.82 Å². The van der Waals surface area contributed by atoms with Crippen molar-refractivity contribution in [2.75, 3.05) is 38.5 Å². The van der Waals surface area contributed by atoms with E-state index in [0.717, 1.165) is 51.3 Å². The van der Waals surface area contributed by atoms with Crippen molar-refractivity contribution in [2.45, 2.75) is 37.8 Å². The summed E-state index contributed by atoms with van der Waals surface area (Å²) in [5.74, 6) is 0.601. The van der Waals surface area contributed by atoms with Crippen LogP contribution in [0.5, 0.6) is 0 Å². The zero-order valence-electron chi connectivity index (χ0n) is 12.7. The fourth-order valence-electron chi connectivity index (χ4n) is 3.56. The van der Waals surface area contributed by atoms with Crippen molar-refractivity contribution in [3.8, 4) is 0 Å². The zero-order chi connectivity index (χ0) is 14.7. The highest BCUT2D eigenvalue weighted by Gasteiger charge is 2.37. The average molecular weight is 290 g/mol. The minimum absolute atomic E-state index is 0.561. The predicted octanol–water partition coefficient (Wildman–Crippen LogP) is 1.09. The van der Waals surface area contributed by atoms with Crippen LogP contribution < -0.4 is 5.73 Å². The van der Waals surface area contributed by atoms with Gasteiger partial charge in [0.2, 0.25) is 0 Å². The van der Waals surface area contributed by atoms with E-state index in [-0.39, 0.29) is 0 Å². The number of anilines is 1. The van der Waals surface area contributed by atoms with Crippen molar-refractivity contribution < 1.29 is 5.11 Å². The molecule has 0 radical (unpaired) electrons. The van der Waals surface area contributed by atoms with Gasteiger partial charge in [0.25, 0.3) is 0 Å². The van der Waals surface area contributed by atoms with Crippen molar-refractivity contribution >= 4 is 5.82 Å². The van der Waals surface area contributed by atoms with Crippen LogP contribution in [0.15, 0.2) is 18.3 Å². The number of hydrogen-bond acceptors (Lipinski definition) is 5. The van der Waals surface area contributed by atoms with Gasteiger partial charge < -0.3 is 15.7 Å². The molecule has 0 bridgehead atoms. The third kappa shape index (κ3) is 3.73. The molecule has 3 rings (SSSR count). The van der Waals surface area contributed by atoms with E-state index in [1.165, 1.54) is 19.3 Å². The van der Waals surface area contributed by atoms with Crippen molar-refractivity contribution in [1.29, 1.82) is 0 Å². The molecule has 116 valence electrons. The van der Waals surface area contributed by atoms with Gasteiger partial charge in [0.15, 0.2) is 0 Å². The first-order chi connectivity index (χ1) is 10.1. The Hall–Kier alpha value is -1.17. The van der Waals surface area contributed by atoms with Gasteiger partial charge in [-0.3, -0.25) is 4.90 Å². The maximum Gasteiger partial charge on any atom is 0.127 e. The number of β-amino-alcohol motifs (C(OH)–C–C–N with tert-alkyl or cyclic N) is 1. The number of likely N-dealkylation sites (tertiary alicyclic amines) is 2. The smallest absolute Gasteiger partial charge is 0.127 e. The molecule has 0 saturated carbocycles. The van der Waals surface area contributed by atoms with E-state index in [0.29, 0.717) is 5.82 Å². The van der Waals surface area contributed by atoms with Crippen LogP contribution in [-0.4, -0.2) is 58.2 Å². The van der Waals surface area contributed by atoms with Gasteiger partial charge in [0.05, 0.1) is 5.60 Å². The second-order valence-electron chi connectivity index (χ2n) is 6.57. The molecular formula is C16H26N4O. The molecule has 2 saturated heterocycles. The molecule has 1 aromatic rings. The lowest BCUT2D eigenvalue weighted by Crippen LogP contribution is -2.46. The Morgan fingerprint density at radius 1 is 1.19 bits per heavy atom. The van der Waals surface area contributed by atoms with Gasteiger partial charge in [-0.1, -0.05) is 12.5 Å². The number of nitrogens with zero attached hydrogens (tertiary/aromatic N) is 3. The molecule has 0 amide bonds. The van der Waals surface area contributed by atoms with Crippen LogP contribution in [0, 0.1) is 0 Å². The standard InChI is InChI=1S/C16H26N4O/c17-15-14(5-4-7-18-15)11-20-10-6-16(21,13-20)12-19-8-2-1-3-9-19/h4-5,7,21H,1-3,6,8-13H2,(H2,17,18)/t16-/m1/s1. The number of aliphatic hydroxyl groups is 1. The zero-order valence-corrected chi connectivity index (χ0v) is 12.7. The highest BCUT2D eigenvalue weighted by Crippen LogP contribution is 2.26. The largest absolute Gasteiger partial charge is 0.387 e. The Labute approximate surface area is 126 Å². The number of piperidine rings is 1. The number of aromatic nitrogens is 1. The summed E-state index contributed by atoms with van der Waals surface area (Å²) >= 11 is 0. The number of hydrogen-bond donors (Lipinski definition) is 2. The molecule has 3 heterocycles. The van der Waals surface area contributed by atoms with E-state index in [1.807, 2.05) is 12.1 Å². The summed E-state index contributed by atoms with van der Waals surface area (Å²) in [5, 5.41) is 10.8. The van der Waals surface area contributed by atoms with Gasteiger partial charge in [0, 0.05) is 37.9 Å². The van der Waals surface area contributed by atoms with E-state index in [9.17, 15) is 5.11 Å². The third-order valence-electron chi connectivity index (χ3n) is 4.70. The molecule has 0 aliphatic carbocycles. The highest BCUT2D eigenvalue weighted by molar-refractivity contribution is 5.38. The second-order valence-corrected chi connectivity index (χ2v) is 6.57. The molecule has 1 aromatic heterocycles. The van der Waals surface area contributed by atoms with Gasteiger partial charge in [-0.15, -0.1) is 0 Å². The molecule has 0 unspecified atom stereocenters. The number of nitrogen functional groups attached to an aromatic ring is 1. The second kappa shape index (κ2) is 6.30. The van der Waals surface area contributed by atoms with Crippen LogP contribution in [0.3, 0.4) is 0 Å². The van der Waals surface area contributed by atoms with Gasteiger partial charge in [-0.2, -0.15) is 0 Å². The van der Waals surface area contributed by atoms with Crippen molar-refractivity contribution in [3.63, 3.8) is 0 Å². The van der Waals surface area contributed by atoms with Crippen LogP contribution in [-0.2, 0) is 6.54 Å². The Balaban J connectivity index is 1.55. The topological polar surface area (TPSA) is 65.6 Å². The summed E-state index contributed by atoms with van der Waals surface area (Å²) in [5.41, 5.74) is 6.40. The Kier molecular flexibility index (Phi) is 4.42. The molecule has 0 spiro atoms. The Morgan fingerprint density at radius 3 is 2.76 bits per heavy atom. The van der Waals surface area contributed by atoms with E-state index >= 15 is 0 Å². The quantitative estimate of drug-likeness (QED) is 0.869. The highest BCUT2D eigenvalue weighted by atomic mass is 16.3. The first kappa shape index (κ1) is 14.8. The summed E-state index contributed by atoms with van der Waals surface area (Å²) in [4.78, 5) is 8.84. The van der Waals surface area contributed by atoms with Crippen LogP contribution in [0.1, 0.15) is 31.2 Å². The molecule has 5 nitrogen and oxygen atoms in total. The van der Waals surface area contributed by atoms with E-state index in [1.54, 1.807) is 6.20 Å². The van der Waals surface area contributed by atoms with Crippen LogP contribution in [0.4, 0.5) is 5.82 Å². The molecule has 1 atom stereocenters. The normalized spacial score (nSPS) is 28.0. The Morgan fingerprint density at radius 2 is 2.00 bits per heavy atom. The molecule has 2 fully saturated rings. The fraction of sp³-hybridized carbons (Fsp3) is 0.688. The lowest BCUT2D eigenvalue weighted by atomic mass is 10.0. The average Bonchev–Trinajstić information content (AvgIpc) is 2.83. The molecular weight excluding hydrogens is 264 g/mol. The molecule has 0 aromatic carbocycles. The Bertz CT molecular complexity index is 475. The van der Waals surface area contributed by atoms with E-state index in [4.69, 9.17) is 5.73 Å². The monoisotopic (exact) mass is 290 g/mol. The van der Waals surface area contributed by atoms with Gasteiger partial charge >= 0.3 is 0 Å². The van der Waals surface area contributed by atoms with Crippen LogP contribution in [0.2, 0.25) is 0 Å².